The lowest BCUT2D eigenvalue weighted by molar-refractivity contribution is -0.282. The van der Waals surface area contributed by atoms with E-state index in [9.17, 15) is 9.90 Å². The van der Waals surface area contributed by atoms with Crippen LogP contribution in [0.5, 0.6) is 0 Å². The molecule has 0 heterocycles. The van der Waals surface area contributed by atoms with Crippen LogP contribution in [0, 0.1) is 12.3 Å². The average molecular weight is 281 g/mol. The number of hydrogen-bond acceptors (Lipinski definition) is 3. The zero-order valence-corrected chi connectivity index (χ0v) is 8.74. The zero-order chi connectivity index (χ0) is 9.40. The zero-order valence-electron chi connectivity index (χ0n) is 6.59. The van der Waals surface area contributed by atoms with Crippen molar-refractivity contribution in [2.45, 2.75) is 23.2 Å². The molecular weight excluding hydrogens is 271 g/mol. The van der Waals surface area contributed by atoms with E-state index in [-0.39, 0.29) is 6.61 Å². The number of carbonyl (C=O) groups excluding carboxylic acids is 1. The van der Waals surface area contributed by atoms with Crippen LogP contribution in [0.4, 0.5) is 4.79 Å². The summed E-state index contributed by atoms with van der Waals surface area (Å²) in [7, 11) is 0. The summed E-state index contributed by atoms with van der Waals surface area (Å²) in [6.07, 6.45) is 5.91. The Bertz CT molecular complexity index is 174. The monoisotopic (exact) mass is 281 g/mol. The van der Waals surface area contributed by atoms with Gasteiger partial charge in [0.25, 0.3) is 6.16 Å². The first-order valence-electron chi connectivity index (χ1n) is 3.58. The van der Waals surface area contributed by atoms with Gasteiger partial charge in [0.2, 0.25) is 0 Å². The van der Waals surface area contributed by atoms with Crippen molar-refractivity contribution in [2.24, 2.45) is 0 Å². The molecule has 0 aliphatic heterocycles. The van der Waals surface area contributed by atoms with Crippen molar-refractivity contribution >= 4 is 28.7 Å². The summed E-state index contributed by atoms with van der Waals surface area (Å²) >= 11 is 2.22. The fourth-order valence-electron chi connectivity index (χ4n) is 0.654. The molecule has 0 aliphatic carbocycles. The molecule has 0 aromatic rings. The number of terminal acetylenes is 1. The molecule has 0 bridgehead atoms. The lowest BCUT2D eigenvalue weighted by Crippen LogP contribution is -2.24. The van der Waals surface area contributed by atoms with Gasteiger partial charge in [0.05, 0.1) is 0 Å². The van der Waals surface area contributed by atoms with Gasteiger partial charge in [-0.1, -0.05) is 22.6 Å². The maximum atomic E-state index is 9.83. The van der Waals surface area contributed by atoms with Crippen molar-refractivity contribution in [1.29, 1.82) is 0 Å². The molecule has 68 valence electrons. The van der Waals surface area contributed by atoms with Crippen LogP contribution in [0.3, 0.4) is 0 Å². The minimum absolute atomic E-state index is 0.195. The van der Waals surface area contributed by atoms with Crippen molar-refractivity contribution in [3.63, 3.8) is 0 Å². The summed E-state index contributed by atoms with van der Waals surface area (Å²) in [6, 6.07) is 0. The largest absolute Gasteiger partial charge is 0.550 e. The van der Waals surface area contributed by atoms with Crippen LogP contribution in [-0.2, 0) is 4.74 Å². The number of carboxylic acid groups (broad SMARTS) is 1. The number of alkyl halides is 1. The SMILES string of the molecule is C#CCCC(I)CCOC(=O)[O-]. The van der Waals surface area contributed by atoms with Crippen molar-refractivity contribution in [3.05, 3.63) is 0 Å². The molecule has 0 radical (unpaired) electrons. The molecule has 3 nitrogen and oxygen atoms in total. The summed E-state index contributed by atoms with van der Waals surface area (Å²) in [4.78, 5) is 9.83. The number of rotatable bonds is 5. The molecule has 0 fully saturated rings. The topological polar surface area (TPSA) is 49.4 Å². The molecule has 1 unspecified atom stereocenters. The lowest BCUT2D eigenvalue weighted by Gasteiger charge is -2.11. The molecular formula is C8H10IO3-. The number of carbonyl (C=O) groups is 1. The van der Waals surface area contributed by atoms with Gasteiger partial charge in [0.1, 0.15) is 0 Å². The second-order valence-corrected chi connectivity index (χ2v) is 3.99. The van der Waals surface area contributed by atoms with Gasteiger partial charge >= 0.3 is 0 Å². The van der Waals surface area contributed by atoms with Gasteiger partial charge < -0.3 is 14.6 Å². The van der Waals surface area contributed by atoms with Gasteiger partial charge in [0.15, 0.2) is 0 Å². The van der Waals surface area contributed by atoms with Gasteiger partial charge in [-0.15, -0.1) is 12.3 Å². The van der Waals surface area contributed by atoms with Crippen molar-refractivity contribution < 1.29 is 14.6 Å². The fourth-order valence-corrected chi connectivity index (χ4v) is 1.22. The fraction of sp³-hybridized carbons (Fsp3) is 0.625. The minimum atomic E-state index is -1.46. The Hall–Kier alpha value is -0.440. The van der Waals surface area contributed by atoms with Crippen molar-refractivity contribution in [1.82, 2.24) is 0 Å². The molecule has 0 aromatic heterocycles. The Morgan fingerprint density at radius 1 is 1.67 bits per heavy atom. The Balaban J connectivity index is 3.26. The number of hydrogen-bond donors (Lipinski definition) is 0. The van der Waals surface area contributed by atoms with E-state index in [0.717, 1.165) is 12.8 Å². The second kappa shape index (κ2) is 7.22. The predicted octanol–water partition coefficient (Wildman–Crippen LogP) is 0.953. The highest BCUT2D eigenvalue weighted by Crippen LogP contribution is 2.12. The highest BCUT2D eigenvalue weighted by atomic mass is 127. The molecule has 0 spiro atoms. The van der Waals surface area contributed by atoms with Crippen LogP contribution in [0.25, 0.3) is 0 Å². The van der Waals surface area contributed by atoms with Gasteiger partial charge in [-0.05, 0) is 12.8 Å². The van der Waals surface area contributed by atoms with Crippen LogP contribution in [0.1, 0.15) is 19.3 Å². The molecule has 1 atom stereocenters. The van der Waals surface area contributed by atoms with Crippen LogP contribution < -0.4 is 5.11 Å². The third kappa shape index (κ3) is 7.66. The Kier molecular flexibility index (Phi) is 6.96. The summed E-state index contributed by atoms with van der Waals surface area (Å²) in [5.41, 5.74) is 0. The van der Waals surface area contributed by atoms with Crippen LogP contribution in [0.2, 0.25) is 0 Å². The second-order valence-electron chi connectivity index (χ2n) is 2.23. The van der Waals surface area contributed by atoms with Crippen LogP contribution >= 0.6 is 22.6 Å². The minimum Gasteiger partial charge on any atom is -0.550 e. The quantitative estimate of drug-likeness (QED) is 0.326. The molecule has 4 heteroatoms. The molecule has 0 saturated heterocycles. The summed E-state index contributed by atoms with van der Waals surface area (Å²) in [5, 5.41) is 9.83. The Labute approximate surface area is 85.6 Å². The first kappa shape index (κ1) is 11.6. The van der Waals surface area contributed by atoms with Crippen LogP contribution in [-0.4, -0.2) is 16.7 Å². The van der Waals surface area contributed by atoms with Crippen LogP contribution in [0.15, 0.2) is 0 Å². The summed E-state index contributed by atoms with van der Waals surface area (Å²) in [5.74, 6) is 2.52. The molecule has 0 N–H and O–H groups in total. The third-order valence-electron chi connectivity index (χ3n) is 1.25. The first-order valence-corrected chi connectivity index (χ1v) is 4.82. The standard InChI is InChI=1S/C8H11IO3/c1-2-3-4-7(9)5-6-12-8(10)11/h1,7H,3-6H2,(H,10,11)/p-1. The summed E-state index contributed by atoms with van der Waals surface area (Å²) < 4.78 is 4.61. The highest BCUT2D eigenvalue weighted by Gasteiger charge is 2.01. The van der Waals surface area contributed by atoms with Crippen molar-refractivity contribution in [3.8, 4) is 12.3 Å². The molecule has 0 rings (SSSR count). The molecule has 0 aromatic carbocycles. The molecule has 0 aliphatic rings. The van der Waals surface area contributed by atoms with E-state index >= 15 is 0 Å². The van der Waals surface area contributed by atoms with Gasteiger partial charge in [-0.25, -0.2) is 0 Å². The maximum Gasteiger partial charge on any atom is 0.251 e. The third-order valence-corrected chi connectivity index (χ3v) is 2.50. The normalized spacial score (nSPS) is 11.7. The smallest absolute Gasteiger partial charge is 0.251 e. The number of ether oxygens (including phenoxy) is 1. The first-order chi connectivity index (χ1) is 5.66. The van der Waals surface area contributed by atoms with Gasteiger partial charge in [-0.3, -0.25) is 0 Å². The lowest BCUT2D eigenvalue weighted by atomic mass is 10.2. The van der Waals surface area contributed by atoms with E-state index in [0.29, 0.717) is 10.3 Å². The predicted molar refractivity (Wildman–Crippen MR) is 51.8 cm³/mol. The van der Waals surface area contributed by atoms with E-state index in [1.165, 1.54) is 0 Å². The molecule has 0 amide bonds. The molecule has 0 saturated carbocycles. The maximum absolute atomic E-state index is 9.83. The van der Waals surface area contributed by atoms with Gasteiger partial charge in [-0.2, -0.15) is 0 Å². The van der Waals surface area contributed by atoms with E-state index in [2.05, 4.69) is 33.2 Å². The van der Waals surface area contributed by atoms with E-state index in [1.807, 2.05) is 0 Å². The summed E-state index contributed by atoms with van der Waals surface area (Å²) in [6.45, 7) is 0.195. The van der Waals surface area contributed by atoms with E-state index < -0.39 is 6.16 Å². The van der Waals surface area contributed by atoms with Crippen molar-refractivity contribution in [2.75, 3.05) is 6.61 Å². The highest BCUT2D eigenvalue weighted by molar-refractivity contribution is 14.1. The Morgan fingerprint density at radius 2 is 2.33 bits per heavy atom. The van der Waals surface area contributed by atoms with E-state index in [4.69, 9.17) is 6.42 Å². The van der Waals surface area contributed by atoms with Gasteiger partial charge in [0, 0.05) is 17.0 Å². The number of halogens is 1. The molecule has 12 heavy (non-hydrogen) atoms. The average Bonchev–Trinajstić information content (AvgIpc) is 2.00. The Morgan fingerprint density at radius 3 is 2.83 bits per heavy atom. The van der Waals surface area contributed by atoms with E-state index in [1.54, 1.807) is 0 Å².